The molecule has 1 heterocycles. The van der Waals surface area contributed by atoms with Gasteiger partial charge in [-0.3, -0.25) is 4.90 Å². The van der Waals surface area contributed by atoms with Crippen LogP contribution in [-0.4, -0.2) is 37.4 Å². The first-order chi connectivity index (χ1) is 13.1. The SMILES string of the molecule is CCOC(=O)C=C(CC(C)C)c1ccc2c(c1)OCCN2C(=O)OC(C)(C)C. The minimum atomic E-state index is -0.567. The number of hydrogen-bond acceptors (Lipinski definition) is 5. The molecule has 1 aromatic rings. The Kier molecular flexibility index (Phi) is 7.11. The molecule has 0 N–H and O–H groups in total. The molecule has 0 radical (unpaired) electrons. The zero-order valence-electron chi connectivity index (χ0n) is 17.7. The Morgan fingerprint density at radius 2 is 2.00 bits per heavy atom. The monoisotopic (exact) mass is 389 g/mol. The normalized spacial score (nSPS) is 14.4. The molecule has 0 unspecified atom stereocenters. The van der Waals surface area contributed by atoms with Crippen molar-refractivity contribution in [1.29, 1.82) is 0 Å². The van der Waals surface area contributed by atoms with Crippen LogP contribution in [0, 0.1) is 5.92 Å². The van der Waals surface area contributed by atoms with Gasteiger partial charge in [-0.25, -0.2) is 9.59 Å². The van der Waals surface area contributed by atoms with E-state index in [1.165, 1.54) is 0 Å². The molecule has 0 fully saturated rings. The molecule has 6 heteroatoms. The molecule has 0 saturated heterocycles. The number of carbonyl (C=O) groups excluding carboxylic acids is 2. The quantitative estimate of drug-likeness (QED) is 0.534. The lowest BCUT2D eigenvalue weighted by molar-refractivity contribution is -0.137. The fourth-order valence-corrected chi connectivity index (χ4v) is 2.95. The number of ether oxygens (including phenoxy) is 3. The summed E-state index contributed by atoms with van der Waals surface area (Å²) in [6.07, 6.45) is 1.88. The van der Waals surface area contributed by atoms with Crippen LogP contribution in [0.4, 0.5) is 10.5 Å². The van der Waals surface area contributed by atoms with E-state index in [0.717, 1.165) is 17.6 Å². The first kappa shape index (κ1) is 21.8. The molecule has 6 nitrogen and oxygen atoms in total. The van der Waals surface area contributed by atoms with E-state index in [0.29, 0.717) is 37.1 Å². The molecule has 0 bridgehead atoms. The van der Waals surface area contributed by atoms with Crippen molar-refractivity contribution >= 4 is 23.3 Å². The van der Waals surface area contributed by atoms with Crippen LogP contribution in [-0.2, 0) is 14.3 Å². The largest absolute Gasteiger partial charge is 0.490 e. The predicted molar refractivity (Wildman–Crippen MR) is 110 cm³/mol. The molecule has 154 valence electrons. The second-order valence-electron chi connectivity index (χ2n) is 8.18. The van der Waals surface area contributed by atoms with Gasteiger partial charge in [0.15, 0.2) is 0 Å². The molecule has 1 aromatic carbocycles. The number of amides is 1. The Morgan fingerprint density at radius 3 is 2.61 bits per heavy atom. The predicted octanol–water partition coefficient (Wildman–Crippen LogP) is 4.81. The number of anilines is 1. The number of allylic oxidation sites excluding steroid dienone is 1. The van der Waals surface area contributed by atoms with Crippen molar-refractivity contribution in [2.75, 3.05) is 24.7 Å². The van der Waals surface area contributed by atoms with Crippen molar-refractivity contribution in [3.8, 4) is 5.75 Å². The highest BCUT2D eigenvalue weighted by atomic mass is 16.6. The second-order valence-corrected chi connectivity index (χ2v) is 8.18. The van der Waals surface area contributed by atoms with Gasteiger partial charge in [-0.1, -0.05) is 19.9 Å². The summed E-state index contributed by atoms with van der Waals surface area (Å²) in [6.45, 7) is 12.6. The average molecular weight is 389 g/mol. The minimum absolute atomic E-state index is 0.336. The van der Waals surface area contributed by atoms with Crippen LogP contribution in [0.3, 0.4) is 0 Å². The standard InChI is InChI=1S/C22H31NO5/c1-7-26-20(24)14-17(12-15(2)3)16-8-9-18-19(13-16)27-11-10-23(18)21(25)28-22(4,5)6/h8-9,13-15H,7,10-12H2,1-6H3. The van der Waals surface area contributed by atoms with Crippen molar-refractivity contribution in [2.24, 2.45) is 5.92 Å². The fraction of sp³-hybridized carbons (Fsp3) is 0.545. The van der Waals surface area contributed by atoms with Gasteiger partial charge in [0.2, 0.25) is 0 Å². The van der Waals surface area contributed by atoms with Gasteiger partial charge >= 0.3 is 12.1 Å². The number of nitrogens with zero attached hydrogens (tertiary/aromatic N) is 1. The Morgan fingerprint density at radius 1 is 1.29 bits per heavy atom. The lowest BCUT2D eigenvalue weighted by Crippen LogP contribution is -2.41. The summed E-state index contributed by atoms with van der Waals surface area (Å²) in [5.41, 5.74) is 1.87. The number of esters is 1. The van der Waals surface area contributed by atoms with Crippen molar-refractivity contribution in [3.63, 3.8) is 0 Å². The highest BCUT2D eigenvalue weighted by molar-refractivity contribution is 5.93. The highest BCUT2D eigenvalue weighted by Crippen LogP contribution is 2.36. The van der Waals surface area contributed by atoms with Crippen LogP contribution in [0.5, 0.6) is 5.75 Å². The molecule has 1 aliphatic heterocycles. The van der Waals surface area contributed by atoms with Crippen LogP contribution in [0.15, 0.2) is 24.3 Å². The summed E-state index contributed by atoms with van der Waals surface area (Å²) < 4.78 is 16.4. The van der Waals surface area contributed by atoms with Crippen LogP contribution in [0.25, 0.3) is 5.57 Å². The second kappa shape index (κ2) is 9.13. The van der Waals surface area contributed by atoms with Gasteiger partial charge in [-0.05, 0) is 63.3 Å². The number of hydrogen-bond donors (Lipinski definition) is 0. The van der Waals surface area contributed by atoms with Gasteiger partial charge in [-0.2, -0.15) is 0 Å². The van der Waals surface area contributed by atoms with E-state index in [4.69, 9.17) is 14.2 Å². The Balaban J connectivity index is 2.34. The fourth-order valence-electron chi connectivity index (χ4n) is 2.95. The maximum atomic E-state index is 12.5. The lowest BCUT2D eigenvalue weighted by atomic mass is 9.95. The summed E-state index contributed by atoms with van der Waals surface area (Å²) >= 11 is 0. The molecule has 0 atom stereocenters. The van der Waals surface area contributed by atoms with Crippen molar-refractivity contribution in [1.82, 2.24) is 0 Å². The summed E-state index contributed by atoms with van der Waals surface area (Å²) in [6, 6.07) is 5.62. The average Bonchev–Trinajstić information content (AvgIpc) is 2.58. The van der Waals surface area contributed by atoms with E-state index in [9.17, 15) is 9.59 Å². The molecular weight excluding hydrogens is 358 g/mol. The Labute approximate surface area is 167 Å². The number of rotatable bonds is 5. The van der Waals surface area contributed by atoms with E-state index in [1.807, 2.05) is 39.0 Å². The van der Waals surface area contributed by atoms with Crippen LogP contribution in [0.2, 0.25) is 0 Å². The smallest absolute Gasteiger partial charge is 0.415 e. The molecule has 0 saturated carbocycles. The highest BCUT2D eigenvalue weighted by Gasteiger charge is 2.28. The van der Waals surface area contributed by atoms with Crippen molar-refractivity contribution in [3.05, 3.63) is 29.8 Å². The molecule has 1 aliphatic rings. The molecule has 0 spiro atoms. The molecule has 28 heavy (non-hydrogen) atoms. The van der Waals surface area contributed by atoms with E-state index < -0.39 is 11.7 Å². The zero-order valence-corrected chi connectivity index (χ0v) is 17.7. The summed E-state index contributed by atoms with van der Waals surface area (Å²) in [5, 5.41) is 0. The van der Waals surface area contributed by atoms with Gasteiger partial charge in [0, 0.05) is 6.08 Å². The van der Waals surface area contributed by atoms with E-state index in [-0.39, 0.29) is 5.97 Å². The molecule has 0 aliphatic carbocycles. The first-order valence-corrected chi connectivity index (χ1v) is 9.75. The van der Waals surface area contributed by atoms with Gasteiger partial charge in [0.1, 0.15) is 18.0 Å². The first-order valence-electron chi connectivity index (χ1n) is 9.75. The minimum Gasteiger partial charge on any atom is -0.490 e. The maximum Gasteiger partial charge on any atom is 0.415 e. The number of fused-ring (bicyclic) bond motifs is 1. The molecule has 2 rings (SSSR count). The maximum absolute atomic E-state index is 12.5. The van der Waals surface area contributed by atoms with E-state index in [1.54, 1.807) is 17.9 Å². The van der Waals surface area contributed by atoms with E-state index in [2.05, 4.69) is 13.8 Å². The summed E-state index contributed by atoms with van der Waals surface area (Å²) in [7, 11) is 0. The third-order valence-corrected chi connectivity index (χ3v) is 4.01. The van der Waals surface area contributed by atoms with Crippen LogP contribution < -0.4 is 9.64 Å². The van der Waals surface area contributed by atoms with Gasteiger partial charge in [-0.15, -0.1) is 0 Å². The zero-order chi connectivity index (χ0) is 20.9. The Bertz CT molecular complexity index is 746. The van der Waals surface area contributed by atoms with Gasteiger partial charge in [0.05, 0.1) is 18.8 Å². The number of carbonyl (C=O) groups is 2. The third kappa shape index (κ3) is 6.01. The van der Waals surface area contributed by atoms with Crippen LogP contribution >= 0.6 is 0 Å². The van der Waals surface area contributed by atoms with Gasteiger partial charge in [0.25, 0.3) is 0 Å². The molecule has 1 amide bonds. The lowest BCUT2D eigenvalue weighted by Gasteiger charge is -2.32. The molecular formula is C22H31NO5. The summed E-state index contributed by atoms with van der Waals surface area (Å²) in [5.74, 6) is 0.621. The summed E-state index contributed by atoms with van der Waals surface area (Å²) in [4.78, 5) is 26.1. The van der Waals surface area contributed by atoms with Gasteiger partial charge < -0.3 is 14.2 Å². The topological polar surface area (TPSA) is 65.1 Å². The van der Waals surface area contributed by atoms with Crippen molar-refractivity contribution in [2.45, 2.75) is 53.6 Å². The molecule has 0 aromatic heterocycles. The van der Waals surface area contributed by atoms with Crippen LogP contribution in [0.1, 0.15) is 53.5 Å². The third-order valence-electron chi connectivity index (χ3n) is 4.01. The van der Waals surface area contributed by atoms with Crippen molar-refractivity contribution < 1.29 is 23.8 Å². The Hall–Kier alpha value is -2.50. The van der Waals surface area contributed by atoms with E-state index >= 15 is 0 Å². The number of benzene rings is 1.